The lowest BCUT2D eigenvalue weighted by Gasteiger charge is -2.28. The number of aliphatic hydroxyl groups is 1. The standard InChI is InChI=1S/C14H20BrN3O2/c1-2-14(20,10-3-5-11(15)6-4-10)9-16-13(19)12-7-8-17-18-12/h3-6,12,17-18,20H,2,7-9H2,1H3,(H,16,19). The Kier molecular flexibility index (Phi) is 5.15. The van der Waals surface area contributed by atoms with Gasteiger partial charge < -0.3 is 10.4 Å². The Morgan fingerprint density at radius 2 is 2.20 bits per heavy atom. The Balaban J connectivity index is 1.99. The van der Waals surface area contributed by atoms with Crippen molar-refractivity contribution in [2.45, 2.75) is 31.4 Å². The molecule has 1 aliphatic heterocycles. The van der Waals surface area contributed by atoms with Crippen molar-refractivity contribution in [2.24, 2.45) is 0 Å². The molecule has 2 atom stereocenters. The van der Waals surface area contributed by atoms with Gasteiger partial charge in [-0.15, -0.1) is 0 Å². The van der Waals surface area contributed by atoms with Crippen molar-refractivity contribution in [1.29, 1.82) is 0 Å². The van der Waals surface area contributed by atoms with Crippen LogP contribution in [0.1, 0.15) is 25.3 Å². The zero-order valence-electron chi connectivity index (χ0n) is 11.4. The van der Waals surface area contributed by atoms with Gasteiger partial charge in [0.2, 0.25) is 5.91 Å². The fraction of sp³-hybridized carbons (Fsp3) is 0.500. The molecule has 0 spiro atoms. The molecule has 1 aliphatic rings. The van der Waals surface area contributed by atoms with E-state index in [1.165, 1.54) is 0 Å². The number of hydrogen-bond donors (Lipinski definition) is 4. The van der Waals surface area contributed by atoms with Crippen molar-refractivity contribution >= 4 is 21.8 Å². The highest BCUT2D eigenvalue weighted by atomic mass is 79.9. The zero-order chi connectivity index (χ0) is 14.6. The largest absolute Gasteiger partial charge is 0.383 e. The summed E-state index contributed by atoms with van der Waals surface area (Å²) in [7, 11) is 0. The third-order valence-electron chi connectivity index (χ3n) is 3.67. The Hall–Kier alpha value is -0.950. The number of hydrazine groups is 1. The van der Waals surface area contributed by atoms with Crippen molar-refractivity contribution in [1.82, 2.24) is 16.2 Å². The van der Waals surface area contributed by atoms with Crippen LogP contribution in [0.3, 0.4) is 0 Å². The summed E-state index contributed by atoms with van der Waals surface area (Å²) in [5.74, 6) is -0.0843. The van der Waals surface area contributed by atoms with E-state index in [-0.39, 0.29) is 18.5 Å². The lowest BCUT2D eigenvalue weighted by atomic mass is 9.91. The summed E-state index contributed by atoms with van der Waals surface area (Å²) in [6, 6.07) is 7.30. The highest BCUT2D eigenvalue weighted by molar-refractivity contribution is 9.10. The second kappa shape index (κ2) is 6.67. The molecule has 1 aromatic carbocycles. The normalized spacial score (nSPS) is 21.4. The number of hydrogen-bond acceptors (Lipinski definition) is 4. The number of nitrogens with one attached hydrogen (secondary N) is 3. The zero-order valence-corrected chi connectivity index (χ0v) is 13.0. The molecule has 1 saturated heterocycles. The predicted octanol–water partition coefficient (Wildman–Crippen LogP) is 1.03. The minimum absolute atomic E-state index is 0.0843. The van der Waals surface area contributed by atoms with E-state index in [0.717, 1.165) is 23.0 Å². The minimum Gasteiger partial charge on any atom is -0.383 e. The fourth-order valence-corrected chi connectivity index (χ4v) is 2.49. The van der Waals surface area contributed by atoms with Crippen molar-refractivity contribution in [3.8, 4) is 0 Å². The molecule has 110 valence electrons. The molecule has 6 heteroatoms. The Morgan fingerprint density at radius 3 is 2.75 bits per heavy atom. The Morgan fingerprint density at radius 1 is 1.50 bits per heavy atom. The van der Waals surface area contributed by atoms with Gasteiger partial charge in [0.15, 0.2) is 0 Å². The molecule has 0 saturated carbocycles. The van der Waals surface area contributed by atoms with E-state index in [4.69, 9.17) is 0 Å². The number of halogens is 1. The van der Waals surface area contributed by atoms with Gasteiger partial charge >= 0.3 is 0 Å². The maximum atomic E-state index is 12.0. The molecule has 5 nitrogen and oxygen atoms in total. The van der Waals surface area contributed by atoms with Crippen molar-refractivity contribution in [3.05, 3.63) is 34.3 Å². The number of carbonyl (C=O) groups excluding carboxylic acids is 1. The molecule has 2 unspecified atom stereocenters. The molecule has 0 radical (unpaired) electrons. The van der Waals surface area contributed by atoms with E-state index in [1.807, 2.05) is 31.2 Å². The molecule has 1 aromatic rings. The van der Waals surface area contributed by atoms with Crippen molar-refractivity contribution in [3.63, 3.8) is 0 Å². The molecule has 1 fully saturated rings. The van der Waals surface area contributed by atoms with Gasteiger partial charge in [0.25, 0.3) is 0 Å². The van der Waals surface area contributed by atoms with Crippen LogP contribution in [-0.2, 0) is 10.4 Å². The Bertz CT molecular complexity index is 460. The van der Waals surface area contributed by atoms with E-state index < -0.39 is 5.60 Å². The molecule has 20 heavy (non-hydrogen) atoms. The van der Waals surface area contributed by atoms with Crippen LogP contribution in [0.25, 0.3) is 0 Å². The van der Waals surface area contributed by atoms with Gasteiger partial charge in [0, 0.05) is 11.0 Å². The third kappa shape index (κ3) is 3.58. The molecule has 2 rings (SSSR count). The lowest BCUT2D eigenvalue weighted by Crippen LogP contribution is -2.48. The van der Waals surface area contributed by atoms with Crippen LogP contribution in [0.15, 0.2) is 28.7 Å². The van der Waals surface area contributed by atoms with Gasteiger partial charge in [-0.3, -0.25) is 10.2 Å². The summed E-state index contributed by atoms with van der Waals surface area (Å²) >= 11 is 3.37. The van der Waals surface area contributed by atoms with Gasteiger partial charge in [0.1, 0.15) is 11.6 Å². The summed E-state index contributed by atoms with van der Waals surface area (Å²) in [6.07, 6.45) is 1.29. The van der Waals surface area contributed by atoms with Gasteiger partial charge in [-0.25, -0.2) is 5.43 Å². The van der Waals surface area contributed by atoms with E-state index in [0.29, 0.717) is 6.42 Å². The average molecular weight is 342 g/mol. The predicted molar refractivity (Wildman–Crippen MR) is 80.9 cm³/mol. The minimum atomic E-state index is -1.04. The molecule has 0 bridgehead atoms. The highest BCUT2D eigenvalue weighted by Crippen LogP contribution is 2.25. The summed E-state index contributed by atoms with van der Waals surface area (Å²) in [5.41, 5.74) is 5.60. The lowest BCUT2D eigenvalue weighted by molar-refractivity contribution is -0.124. The average Bonchev–Trinajstić information content (AvgIpc) is 2.99. The van der Waals surface area contributed by atoms with Crippen molar-refractivity contribution in [2.75, 3.05) is 13.1 Å². The van der Waals surface area contributed by atoms with Gasteiger partial charge in [-0.2, -0.15) is 0 Å². The fourth-order valence-electron chi connectivity index (χ4n) is 2.23. The van der Waals surface area contributed by atoms with Crippen LogP contribution in [0.5, 0.6) is 0 Å². The molecule has 4 N–H and O–H groups in total. The van der Waals surface area contributed by atoms with Crippen LogP contribution in [0.2, 0.25) is 0 Å². The van der Waals surface area contributed by atoms with E-state index in [1.54, 1.807) is 0 Å². The van der Waals surface area contributed by atoms with Gasteiger partial charge in [-0.05, 0) is 30.5 Å². The summed E-state index contributed by atoms with van der Waals surface area (Å²) in [4.78, 5) is 12.0. The topological polar surface area (TPSA) is 73.4 Å². The number of carbonyl (C=O) groups is 1. The van der Waals surface area contributed by atoms with Crippen LogP contribution in [-0.4, -0.2) is 30.1 Å². The smallest absolute Gasteiger partial charge is 0.238 e. The molecule has 1 amide bonds. The van der Waals surface area contributed by atoms with Crippen LogP contribution in [0.4, 0.5) is 0 Å². The van der Waals surface area contributed by atoms with Gasteiger partial charge in [0.05, 0.1) is 6.54 Å². The summed E-state index contributed by atoms with van der Waals surface area (Å²) < 4.78 is 0.963. The van der Waals surface area contributed by atoms with Crippen LogP contribution < -0.4 is 16.2 Å². The summed E-state index contributed by atoms with van der Waals surface area (Å²) in [6.45, 7) is 2.90. The maximum Gasteiger partial charge on any atom is 0.238 e. The first-order valence-corrected chi connectivity index (χ1v) is 7.59. The number of amides is 1. The SMILES string of the molecule is CCC(O)(CNC(=O)C1CCNN1)c1ccc(Br)cc1. The van der Waals surface area contributed by atoms with Gasteiger partial charge in [-0.1, -0.05) is 35.0 Å². The van der Waals surface area contributed by atoms with Crippen LogP contribution in [0, 0.1) is 0 Å². The second-order valence-electron chi connectivity index (χ2n) is 5.02. The highest BCUT2D eigenvalue weighted by Gasteiger charge is 2.29. The number of benzene rings is 1. The monoisotopic (exact) mass is 341 g/mol. The van der Waals surface area contributed by atoms with Crippen LogP contribution >= 0.6 is 15.9 Å². The number of rotatable bonds is 5. The van der Waals surface area contributed by atoms with Crippen molar-refractivity contribution < 1.29 is 9.90 Å². The Labute approximate surface area is 127 Å². The third-order valence-corrected chi connectivity index (χ3v) is 4.20. The quantitative estimate of drug-likeness (QED) is 0.645. The van der Waals surface area contributed by atoms with E-state index >= 15 is 0 Å². The second-order valence-corrected chi connectivity index (χ2v) is 5.94. The molecular formula is C14H20BrN3O2. The molecule has 0 aliphatic carbocycles. The first-order valence-electron chi connectivity index (χ1n) is 6.79. The van der Waals surface area contributed by atoms with E-state index in [9.17, 15) is 9.90 Å². The van der Waals surface area contributed by atoms with E-state index in [2.05, 4.69) is 32.1 Å². The summed E-state index contributed by atoms with van der Waals surface area (Å²) in [5, 5.41) is 13.5. The first kappa shape index (κ1) is 15.4. The maximum absolute atomic E-state index is 12.0. The first-order chi connectivity index (χ1) is 9.55. The molecule has 0 aromatic heterocycles. The molecular weight excluding hydrogens is 322 g/mol. The molecule has 1 heterocycles.